The average molecular weight is 214 g/mol. The topological polar surface area (TPSA) is 35.5 Å². The Morgan fingerprint density at radius 3 is 2.20 bits per heavy atom. The molecular formula is C12H26N2O. The molecule has 0 saturated carbocycles. The lowest BCUT2D eigenvalue weighted by Crippen LogP contribution is -2.48. The Balaban J connectivity index is 2.67. The third-order valence-corrected chi connectivity index (χ3v) is 3.64. The lowest BCUT2D eigenvalue weighted by Gasteiger charge is -2.36. The van der Waals surface area contributed by atoms with Crippen LogP contribution in [0.1, 0.15) is 48.0 Å². The van der Waals surface area contributed by atoms with Gasteiger partial charge in [0.05, 0.1) is 0 Å². The van der Waals surface area contributed by atoms with E-state index in [2.05, 4.69) is 46.9 Å². The van der Waals surface area contributed by atoms with E-state index in [1.165, 1.54) is 5.06 Å². The third-order valence-electron chi connectivity index (χ3n) is 3.64. The molecule has 1 heterocycles. The second-order valence-electron chi connectivity index (χ2n) is 6.24. The second kappa shape index (κ2) is 4.04. The zero-order valence-electron chi connectivity index (χ0n) is 11.0. The SMILES string of the molecule is CC(C)NCC1CC(C)(C)N(O)C1(C)C. The van der Waals surface area contributed by atoms with Crippen LogP contribution >= 0.6 is 0 Å². The molecule has 1 aliphatic rings. The molecule has 0 radical (unpaired) electrons. The molecule has 1 saturated heterocycles. The molecule has 0 aromatic heterocycles. The summed E-state index contributed by atoms with van der Waals surface area (Å²) in [5, 5.41) is 15.1. The number of hydrogen-bond acceptors (Lipinski definition) is 3. The van der Waals surface area contributed by atoms with Gasteiger partial charge in [-0.3, -0.25) is 0 Å². The summed E-state index contributed by atoms with van der Waals surface area (Å²) < 4.78 is 0. The second-order valence-corrected chi connectivity index (χ2v) is 6.24. The summed E-state index contributed by atoms with van der Waals surface area (Å²) >= 11 is 0. The predicted octanol–water partition coefficient (Wildman–Crippen LogP) is 2.25. The number of rotatable bonds is 3. The van der Waals surface area contributed by atoms with E-state index in [1.807, 2.05) is 0 Å². The summed E-state index contributed by atoms with van der Waals surface area (Å²) in [5.74, 6) is 0.500. The smallest absolute Gasteiger partial charge is 0.0451 e. The molecule has 1 aliphatic heterocycles. The maximum absolute atomic E-state index is 10.1. The average Bonchev–Trinajstić information content (AvgIpc) is 2.23. The summed E-state index contributed by atoms with van der Waals surface area (Å²) in [7, 11) is 0. The van der Waals surface area contributed by atoms with E-state index in [4.69, 9.17) is 0 Å². The van der Waals surface area contributed by atoms with Crippen molar-refractivity contribution in [1.29, 1.82) is 0 Å². The number of hydroxylamine groups is 2. The van der Waals surface area contributed by atoms with Gasteiger partial charge in [-0.25, -0.2) is 0 Å². The molecule has 90 valence electrons. The fourth-order valence-electron chi connectivity index (χ4n) is 2.59. The summed E-state index contributed by atoms with van der Waals surface area (Å²) in [4.78, 5) is 0. The molecule has 3 heteroatoms. The van der Waals surface area contributed by atoms with Crippen LogP contribution in [0.15, 0.2) is 0 Å². The van der Waals surface area contributed by atoms with Crippen molar-refractivity contribution in [3.05, 3.63) is 0 Å². The number of hydrogen-bond donors (Lipinski definition) is 2. The first-order valence-corrected chi connectivity index (χ1v) is 5.90. The summed E-state index contributed by atoms with van der Waals surface area (Å²) in [6.45, 7) is 13.7. The van der Waals surface area contributed by atoms with Crippen molar-refractivity contribution in [1.82, 2.24) is 10.4 Å². The maximum atomic E-state index is 10.1. The quantitative estimate of drug-likeness (QED) is 0.756. The minimum Gasteiger partial charge on any atom is -0.314 e. The van der Waals surface area contributed by atoms with Gasteiger partial charge >= 0.3 is 0 Å². The van der Waals surface area contributed by atoms with Crippen LogP contribution in [0.4, 0.5) is 0 Å². The van der Waals surface area contributed by atoms with Gasteiger partial charge in [-0.05, 0) is 40.0 Å². The Hall–Kier alpha value is -0.120. The van der Waals surface area contributed by atoms with Crippen LogP contribution in [-0.2, 0) is 0 Å². The molecule has 1 atom stereocenters. The highest BCUT2D eigenvalue weighted by molar-refractivity contribution is 5.02. The van der Waals surface area contributed by atoms with Crippen molar-refractivity contribution < 1.29 is 5.21 Å². The molecule has 0 aromatic carbocycles. The fraction of sp³-hybridized carbons (Fsp3) is 1.00. The van der Waals surface area contributed by atoms with Gasteiger partial charge in [0.1, 0.15) is 0 Å². The molecule has 0 spiro atoms. The third kappa shape index (κ3) is 2.52. The maximum Gasteiger partial charge on any atom is 0.0451 e. The van der Waals surface area contributed by atoms with Gasteiger partial charge in [0.2, 0.25) is 0 Å². The Labute approximate surface area is 93.8 Å². The van der Waals surface area contributed by atoms with Gasteiger partial charge in [-0.1, -0.05) is 13.8 Å². The van der Waals surface area contributed by atoms with Crippen molar-refractivity contribution in [2.45, 2.75) is 65.1 Å². The summed E-state index contributed by atoms with van der Waals surface area (Å²) in [6, 6.07) is 0.511. The lowest BCUT2D eigenvalue weighted by molar-refractivity contribution is -0.196. The van der Waals surface area contributed by atoms with E-state index in [0.29, 0.717) is 12.0 Å². The lowest BCUT2D eigenvalue weighted by atomic mass is 9.87. The molecule has 15 heavy (non-hydrogen) atoms. The highest BCUT2D eigenvalue weighted by Crippen LogP contribution is 2.42. The minimum absolute atomic E-state index is 0.104. The van der Waals surface area contributed by atoms with Crippen LogP contribution < -0.4 is 5.32 Å². The Morgan fingerprint density at radius 2 is 1.87 bits per heavy atom. The van der Waals surface area contributed by atoms with Crippen molar-refractivity contribution in [3.8, 4) is 0 Å². The zero-order valence-corrected chi connectivity index (χ0v) is 11.0. The first-order valence-electron chi connectivity index (χ1n) is 5.90. The minimum atomic E-state index is -0.134. The fourth-order valence-corrected chi connectivity index (χ4v) is 2.59. The Bertz CT molecular complexity index is 224. The van der Waals surface area contributed by atoms with Crippen molar-refractivity contribution in [3.63, 3.8) is 0 Å². The first-order chi connectivity index (χ1) is 6.68. The Morgan fingerprint density at radius 1 is 1.33 bits per heavy atom. The highest BCUT2D eigenvalue weighted by atomic mass is 16.5. The van der Waals surface area contributed by atoms with Gasteiger partial charge in [-0.2, -0.15) is 5.06 Å². The van der Waals surface area contributed by atoms with E-state index < -0.39 is 0 Å². The van der Waals surface area contributed by atoms with Crippen molar-refractivity contribution >= 4 is 0 Å². The van der Waals surface area contributed by atoms with Crippen LogP contribution in [0.25, 0.3) is 0 Å². The van der Waals surface area contributed by atoms with E-state index in [0.717, 1.165) is 13.0 Å². The van der Waals surface area contributed by atoms with E-state index >= 15 is 0 Å². The van der Waals surface area contributed by atoms with Crippen LogP contribution in [0, 0.1) is 5.92 Å². The summed E-state index contributed by atoms with van der Waals surface area (Å²) in [6.07, 6.45) is 1.04. The zero-order chi connectivity index (χ0) is 11.9. The molecule has 0 amide bonds. The molecule has 0 aromatic rings. The van der Waals surface area contributed by atoms with E-state index in [9.17, 15) is 5.21 Å². The standard InChI is InChI=1S/C12H26N2O/c1-9(2)13-8-10-7-11(3,4)14(15)12(10,5)6/h9-10,13,15H,7-8H2,1-6H3. The molecule has 2 N–H and O–H groups in total. The summed E-state index contributed by atoms with van der Waals surface area (Å²) in [5.41, 5.74) is -0.238. The van der Waals surface area contributed by atoms with Crippen molar-refractivity contribution in [2.24, 2.45) is 5.92 Å². The van der Waals surface area contributed by atoms with E-state index in [-0.39, 0.29) is 11.1 Å². The molecule has 1 rings (SSSR count). The van der Waals surface area contributed by atoms with Gasteiger partial charge in [0, 0.05) is 23.7 Å². The molecule has 1 unspecified atom stereocenters. The van der Waals surface area contributed by atoms with Gasteiger partial charge in [-0.15, -0.1) is 0 Å². The van der Waals surface area contributed by atoms with Crippen LogP contribution in [0.3, 0.4) is 0 Å². The van der Waals surface area contributed by atoms with Crippen molar-refractivity contribution in [2.75, 3.05) is 6.54 Å². The largest absolute Gasteiger partial charge is 0.314 e. The van der Waals surface area contributed by atoms with Gasteiger partial charge in [0.25, 0.3) is 0 Å². The highest BCUT2D eigenvalue weighted by Gasteiger charge is 2.50. The van der Waals surface area contributed by atoms with Crippen LogP contribution in [-0.4, -0.2) is 33.9 Å². The number of nitrogens with one attached hydrogen (secondary N) is 1. The Kier molecular flexibility index (Phi) is 3.49. The monoisotopic (exact) mass is 214 g/mol. The van der Waals surface area contributed by atoms with E-state index in [1.54, 1.807) is 0 Å². The van der Waals surface area contributed by atoms with Crippen LogP contribution in [0.2, 0.25) is 0 Å². The molecule has 1 fully saturated rings. The first kappa shape index (κ1) is 12.9. The normalized spacial score (nSPS) is 30.0. The van der Waals surface area contributed by atoms with Gasteiger partial charge in [0.15, 0.2) is 0 Å². The molecular weight excluding hydrogens is 188 g/mol. The molecule has 0 bridgehead atoms. The molecule has 0 aliphatic carbocycles. The van der Waals surface area contributed by atoms with Crippen LogP contribution in [0.5, 0.6) is 0 Å². The van der Waals surface area contributed by atoms with Gasteiger partial charge < -0.3 is 10.5 Å². The predicted molar refractivity (Wildman–Crippen MR) is 63.0 cm³/mol. The number of nitrogens with zero attached hydrogens (tertiary/aromatic N) is 1. The molecule has 3 nitrogen and oxygen atoms in total.